The van der Waals surface area contributed by atoms with E-state index in [1.54, 1.807) is 6.20 Å². The number of hydrogen-bond donors (Lipinski definition) is 1. The highest BCUT2D eigenvalue weighted by molar-refractivity contribution is 5.98. The molecule has 1 saturated heterocycles. The fourth-order valence-electron chi connectivity index (χ4n) is 4.79. The van der Waals surface area contributed by atoms with Gasteiger partial charge < -0.3 is 15.1 Å². The van der Waals surface area contributed by atoms with E-state index in [4.69, 9.17) is 0 Å². The lowest BCUT2D eigenvalue weighted by molar-refractivity contribution is -0.127. The van der Waals surface area contributed by atoms with Crippen LogP contribution in [0.1, 0.15) is 25.3 Å². The average Bonchev–Trinajstić information content (AvgIpc) is 2.90. The molecule has 2 aromatic carbocycles. The van der Waals surface area contributed by atoms with Gasteiger partial charge in [-0.3, -0.25) is 9.78 Å². The lowest BCUT2D eigenvalue weighted by Crippen LogP contribution is -2.43. The van der Waals surface area contributed by atoms with Crippen LogP contribution in [0, 0.1) is 11.3 Å². The molecule has 0 saturated carbocycles. The lowest BCUT2D eigenvalue weighted by atomic mass is 9.98. The second-order valence-electron chi connectivity index (χ2n) is 9.37. The minimum atomic E-state index is 0.119. The average molecular weight is 464 g/mol. The van der Waals surface area contributed by atoms with Crippen molar-refractivity contribution in [3.63, 3.8) is 0 Å². The molecule has 1 fully saturated rings. The molecule has 0 radical (unpaired) electrons. The van der Waals surface area contributed by atoms with Gasteiger partial charge in [0.05, 0.1) is 11.6 Å². The number of nitrogens with one attached hydrogen (secondary N) is 1. The first kappa shape index (κ1) is 22.7. The summed E-state index contributed by atoms with van der Waals surface area (Å²) in [6, 6.07) is 16.7. The van der Waals surface area contributed by atoms with Crippen molar-refractivity contribution in [3.05, 3.63) is 84.3 Å². The zero-order valence-electron chi connectivity index (χ0n) is 20.1. The molecule has 1 atom stereocenters. The molecule has 1 N–H and O–H groups in total. The molecule has 1 amide bonds. The summed E-state index contributed by atoms with van der Waals surface area (Å²) in [5, 5.41) is 15.2. The number of aromatic nitrogens is 1. The van der Waals surface area contributed by atoms with Crippen LogP contribution in [-0.4, -0.2) is 52.9 Å². The standard InChI is InChI=1S/C29H29N5O/c1-20-14-24(7-11-33(20)2)29(35)34-12-8-26(9-13-34)32-28-17-25(16-23-6-10-31-19-27(23)28)22-5-3-4-21(15-22)18-30/h3-7,10-11,14-17,19-20,26,32H,8-9,12-13H2,1-2H3. The highest BCUT2D eigenvalue weighted by Crippen LogP contribution is 2.32. The molecule has 176 valence electrons. The molecule has 6 nitrogen and oxygen atoms in total. The van der Waals surface area contributed by atoms with E-state index in [1.165, 1.54) is 0 Å². The van der Waals surface area contributed by atoms with Gasteiger partial charge in [-0.05, 0) is 78.8 Å². The third-order valence-electron chi connectivity index (χ3n) is 7.02. The molecule has 2 aliphatic heterocycles. The van der Waals surface area contributed by atoms with Gasteiger partial charge in [0.15, 0.2) is 0 Å². The van der Waals surface area contributed by atoms with E-state index in [-0.39, 0.29) is 18.0 Å². The van der Waals surface area contributed by atoms with Crippen LogP contribution in [0.2, 0.25) is 0 Å². The number of amides is 1. The Morgan fingerprint density at radius 1 is 1.14 bits per heavy atom. The molecule has 0 bridgehead atoms. The molecule has 1 aromatic heterocycles. The van der Waals surface area contributed by atoms with Gasteiger partial charge in [0.25, 0.3) is 5.91 Å². The number of fused-ring (bicyclic) bond motifs is 1. The zero-order chi connectivity index (χ0) is 24.4. The molecule has 3 heterocycles. The van der Waals surface area contributed by atoms with Crippen LogP contribution >= 0.6 is 0 Å². The Labute approximate surface area is 206 Å². The van der Waals surface area contributed by atoms with Gasteiger partial charge in [-0.25, -0.2) is 0 Å². The number of nitriles is 1. The van der Waals surface area contributed by atoms with E-state index in [0.717, 1.165) is 59.1 Å². The van der Waals surface area contributed by atoms with Crippen molar-refractivity contribution in [3.8, 4) is 17.2 Å². The summed E-state index contributed by atoms with van der Waals surface area (Å²) >= 11 is 0. The van der Waals surface area contributed by atoms with Gasteiger partial charge in [0.2, 0.25) is 0 Å². The number of rotatable bonds is 4. The van der Waals surface area contributed by atoms with E-state index in [0.29, 0.717) is 5.56 Å². The van der Waals surface area contributed by atoms with Crippen molar-refractivity contribution in [1.29, 1.82) is 5.26 Å². The normalized spacial score (nSPS) is 18.3. The highest BCUT2D eigenvalue weighted by atomic mass is 16.2. The first-order valence-electron chi connectivity index (χ1n) is 12.1. The predicted octanol–water partition coefficient (Wildman–Crippen LogP) is 4.95. The first-order valence-corrected chi connectivity index (χ1v) is 12.1. The summed E-state index contributed by atoms with van der Waals surface area (Å²) in [6.45, 7) is 3.55. The molecule has 0 spiro atoms. The number of piperidine rings is 1. The van der Waals surface area contributed by atoms with Crippen molar-refractivity contribution in [1.82, 2.24) is 14.8 Å². The van der Waals surface area contributed by atoms with Crippen molar-refractivity contribution >= 4 is 22.4 Å². The van der Waals surface area contributed by atoms with E-state index < -0.39 is 0 Å². The Balaban J connectivity index is 1.33. The third-order valence-corrected chi connectivity index (χ3v) is 7.02. The van der Waals surface area contributed by atoms with Crippen molar-refractivity contribution in [2.45, 2.75) is 31.8 Å². The number of nitrogens with zero attached hydrogens (tertiary/aromatic N) is 4. The molecule has 3 aromatic rings. The third kappa shape index (κ3) is 4.76. The van der Waals surface area contributed by atoms with Gasteiger partial charge >= 0.3 is 0 Å². The summed E-state index contributed by atoms with van der Waals surface area (Å²) in [5.41, 5.74) is 4.54. The molecule has 1 unspecified atom stereocenters. The summed E-state index contributed by atoms with van der Waals surface area (Å²) in [7, 11) is 2.02. The van der Waals surface area contributed by atoms with Crippen LogP contribution in [0.3, 0.4) is 0 Å². The highest BCUT2D eigenvalue weighted by Gasteiger charge is 2.26. The zero-order valence-corrected chi connectivity index (χ0v) is 20.1. The quantitative estimate of drug-likeness (QED) is 0.593. The largest absolute Gasteiger partial charge is 0.382 e. The maximum Gasteiger partial charge on any atom is 0.253 e. The maximum absolute atomic E-state index is 13.0. The number of carbonyl (C=O) groups is 1. The molecule has 2 aliphatic rings. The van der Waals surface area contributed by atoms with Crippen LogP contribution in [0.25, 0.3) is 21.9 Å². The Kier molecular flexibility index (Phi) is 6.24. The minimum absolute atomic E-state index is 0.119. The van der Waals surface area contributed by atoms with Crippen LogP contribution in [-0.2, 0) is 4.79 Å². The Morgan fingerprint density at radius 3 is 2.74 bits per heavy atom. The number of anilines is 1. The Hall–Kier alpha value is -4.11. The SMILES string of the molecule is CC1C=C(C(=O)N2CCC(Nc3cc(-c4cccc(C#N)c4)cc4ccncc34)CC2)C=CN1C. The number of pyridine rings is 1. The fourth-order valence-corrected chi connectivity index (χ4v) is 4.79. The molecule has 35 heavy (non-hydrogen) atoms. The summed E-state index contributed by atoms with van der Waals surface area (Å²) in [5.74, 6) is 0.119. The number of benzene rings is 2. The smallest absolute Gasteiger partial charge is 0.253 e. The molecule has 6 heteroatoms. The summed E-state index contributed by atoms with van der Waals surface area (Å²) in [6.07, 6.45) is 11.4. The predicted molar refractivity (Wildman–Crippen MR) is 140 cm³/mol. The van der Waals surface area contributed by atoms with Crippen molar-refractivity contribution in [2.24, 2.45) is 0 Å². The van der Waals surface area contributed by atoms with Crippen LogP contribution < -0.4 is 5.32 Å². The first-order chi connectivity index (χ1) is 17.0. The van der Waals surface area contributed by atoms with Crippen LogP contribution in [0.4, 0.5) is 5.69 Å². The number of likely N-dealkylation sites (N-methyl/N-ethyl adjacent to an activating group) is 1. The van der Waals surface area contributed by atoms with Gasteiger partial charge in [-0.2, -0.15) is 5.26 Å². The topological polar surface area (TPSA) is 72.3 Å². The minimum Gasteiger partial charge on any atom is -0.382 e. The van der Waals surface area contributed by atoms with Crippen LogP contribution in [0.15, 0.2) is 78.8 Å². The summed E-state index contributed by atoms with van der Waals surface area (Å²) in [4.78, 5) is 21.4. The van der Waals surface area contributed by atoms with Gasteiger partial charge in [0.1, 0.15) is 0 Å². The second-order valence-corrected chi connectivity index (χ2v) is 9.37. The monoisotopic (exact) mass is 463 g/mol. The van der Waals surface area contributed by atoms with E-state index >= 15 is 0 Å². The Bertz CT molecular complexity index is 1360. The van der Waals surface area contributed by atoms with E-state index in [2.05, 4.69) is 40.3 Å². The molecular formula is C29H29N5O. The van der Waals surface area contributed by atoms with Crippen molar-refractivity contribution < 1.29 is 4.79 Å². The fraction of sp³-hybridized carbons (Fsp3) is 0.276. The maximum atomic E-state index is 13.0. The van der Waals surface area contributed by atoms with Gasteiger partial charge in [-0.1, -0.05) is 12.1 Å². The lowest BCUT2D eigenvalue weighted by Gasteiger charge is -2.34. The van der Waals surface area contributed by atoms with Crippen LogP contribution in [0.5, 0.6) is 0 Å². The van der Waals surface area contributed by atoms with Gasteiger partial charge in [0, 0.05) is 67.5 Å². The number of likely N-dealkylation sites (tertiary alicyclic amines) is 1. The number of hydrogen-bond acceptors (Lipinski definition) is 5. The van der Waals surface area contributed by atoms with E-state index in [1.807, 2.05) is 66.8 Å². The Morgan fingerprint density at radius 2 is 1.97 bits per heavy atom. The molecular weight excluding hydrogens is 434 g/mol. The summed E-state index contributed by atoms with van der Waals surface area (Å²) < 4.78 is 0. The van der Waals surface area contributed by atoms with Gasteiger partial charge in [-0.15, -0.1) is 0 Å². The van der Waals surface area contributed by atoms with E-state index in [9.17, 15) is 10.1 Å². The van der Waals surface area contributed by atoms with Crippen molar-refractivity contribution in [2.75, 3.05) is 25.5 Å². The number of carbonyl (C=O) groups excluding carboxylic acids is 1. The molecule has 5 rings (SSSR count). The second kappa shape index (κ2) is 9.63. The molecule has 0 aliphatic carbocycles.